The van der Waals surface area contributed by atoms with Crippen LogP contribution in [0.25, 0.3) is 0 Å². The van der Waals surface area contributed by atoms with E-state index in [1.54, 1.807) is 19.1 Å². The Bertz CT molecular complexity index is 829. The molecule has 0 saturated carbocycles. The fourth-order valence-corrected chi connectivity index (χ4v) is 4.33. The van der Waals surface area contributed by atoms with Crippen LogP contribution in [-0.4, -0.2) is 62.5 Å². The second-order valence-corrected chi connectivity index (χ2v) is 8.19. The van der Waals surface area contributed by atoms with Gasteiger partial charge < -0.3 is 19.3 Å². The third-order valence-corrected chi connectivity index (χ3v) is 6.28. The molecule has 3 rings (SSSR count). The zero-order chi connectivity index (χ0) is 20.8. The fraction of sp³-hybridized carbons (Fsp3) is 0.455. The highest BCUT2D eigenvalue weighted by Crippen LogP contribution is 2.28. The van der Waals surface area contributed by atoms with Gasteiger partial charge >= 0.3 is 0 Å². The normalized spacial score (nSPS) is 14.5. The van der Waals surface area contributed by atoms with Crippen LogP contribution in [0.2, 0.25) is 0 Å². The van der Waals surface area contributed by atoms with Gasteiger partial charge in [-0.2, -0.15) is 0 Å². The van der Waals surface area contributed by atoms with Crippen LogP contribution >= 0.6 is 11.3 Å². The molecule has 0 spiro atoms. The monoisotopic (exact) mass is 416 g/mol. The van der Waals surface area contributed by atoms with Gasteiger partial charge in [-0.25, -0.2) is 0 Å². The van der Waals surface area contributed by atoms with Crippen molar-refractivity contribution in [3.63, 3.8) is 0 Å². The zero-order valence-electron chi connectivity index (χ0n) is 17.2. The Labute approximate surface area is 176 Å². The lowest BCUT2D eigenvalue weighted by Gasteiger charge is -2.33. The molecule has 1 aromatic carbocycles. The Morgan fingerprint density at radius 3 is 2.48 bits per heavy atom. The molecule has 29 heavy (non-hydrogen) atoms. The van der Waals surface area contributed by atoms with Crippen molar-refractivity contribution in [2.45, 2.75) is 19.3 Å². The van der Waals surface area contributed by atoms with E-state index in [1.807, 2.05) is 47.7 Å². The summed E-state index contributed by atoms with van der Waals surface area (Å²) in [5.41, 5.74) is 1.10. The minimum absolute atomic E-state index is 0.0159. The van der Waals surface area contributed by atoms with Crippen LogP contribution in [0, 0.1) is 5.92 Å². The van der Waals surface area contributed by atoms with Crippen molar-refractivity contribution in [1.29, 1.82) is 0 Å². The van der Waals surface area contributed by atoms with Crippen LogP contribution in [0.4, 0.5) is 0 Å². The van der Waals surface area contributed by atoms with Crippen LogP contribution in [0.1, 0.15) is 28.1 Å². The van der Waals surface area contributed by atoms with Crippen molar-refractivity contribution < 1.29 is 19.1 Å². The van der Waals surface area contributed by atoms with E-state index in [4.69, 9.17) is 9.47 Å². The van der Waals surface area contributed by atoms with E-state index < -0.39 is 0 Å². The fourth-order valence-electron chi connectivity index (χ4n) is 3.64. The molecular formula is C22H28N2O4S. The molecule has 0 atom stereocenters. The van der Waals surface area contributed by atoms with Gasteiger partial charge in [0.25, 0.3) is 5.91 Å². The molecule has 2 amide bonds. The van der Waals surface area contributed by atoms with Gasteiger partial charge in [-0.15, -0.1) is 11.3 Å². The number of methoxy groups -OCH3 is 2. The molecule has 0 bridgehead atoms. The summed E-state index contributed by atoms with van der Waals surface area (Å²) in [6.45, 7) is 1.91. The molecule has 0 N–H and O–H groups in total. The molecular weight excluding hydrogens is 388 g/mol. The smallest absolute Gasteiger partial charge is 0.263 e. The van der Waals surface area contributed by atoms with Crippen molar-refractivity contribution in [2.75, 3.05) is 40.9 Å². The van der Waals surface area contributed by atoms with Crippen molar-refractivity contribution in [1.82, 2.24) is 9.80 Å². The number of rotatable bonds is 7. The number of hydrogen-bond donors (Lipinski definition) is 0. The average molecular weight is 417 g/mol. The molecule has 2 heterocycles. The van der Waals surface area contributed by atoms with Crippen molar-refractivity contribution in [3.05, 3.63) is 46.2 Å². The first-order chi connectivity index (χ1) is 14.0. The second kappa shape index (κ2) is 9.78. The Balaban J connectivity index is 1.49. The maximum atomic E-state index is 12.8. The predicted molar refractivity (Wildman–Crippen MR) is 114 cm³/mol. The number of carbonyl (C=O) groups excluding carboxylic acids is 2. The quantitative estimate of drug-likeness (QED) is 0.695. The lowest BCUT2D eigenvalue weighted by Crippen LogP contribution is -2.43. The van der Waals surface area contributed by atoms with E-state index in [0.717, 1.165) is 29.7 Å². The number of thiophene rings is 1. The first kappa shape index (κ1) is 21.2. The lowest BCUT2D eigenvalue weighted by molar-refractivity contribution is -0.135. The largest absolute Gasteiger partial charge is 0.493 e. The number of nitrogens with zero attached hydrogens (tertiary/aromatic N) is 2. The maximum Gasteiger partial charge on any atom is 0.263 e. The average Bonchev–Trinajstić information content (AvgIpc) is 3.31. The summed E-state index contributed by atoms with van der Waals surface area (Å²) in [7, 11) is 5.09. The molecule has 1 aromatic heterocycles. The molecule has 1 aliphatic heterocycles. The Kier molecular flexibility index (Phi) is 7.14. The number of carbonyl (C=O) groups is 2. The number of piperidine rings is 1. The van der Waals surface area contributed by atoms with Crippen LogP contribution in [0.5, 0.6) is 11.5 Å². The van der Waals surface area contributed by atoms with E-state index in [0.29, 0.717) is 31.1 Å². The van der Waals surface area contributed by atoms with E-state index >= 15 is 0 Å². The van der Waals surface area contributed by atoms with E-state index in [2.05, 4.69) is 0 Å². The summed E-state index contributed by atoms with van der Waals surface area (Å²) in [5, 5.41) is 1.91. The first-order valence-corrected chi connectivity index (χ1v) is 10.7. The Hall–Kier alpha value is -2.54. The standard InChI is InChI=1S/C22H28N2O4S/c1-23(11-8-16-6-7-18(27-2)19(15-16)28-3)21(25)17-9-12-24(13-10-17)22(26)20-5-4-14-29-20/h4-7,14-15,17H,8-13H2,1-3H3. The van der Waals surface area contributed by atoms with E-state index in [-0.39, 0.29) is 17.7 Å². The number of ether oxygens (including phenoxy) is 2. The molecule has 7 heteroatoms. The van der Waals surface area contributed by atoms with Gasteiger partial charge in [0.05, 0.1) is 19.1 Å². The minimum atomic E-state index is -0.0159. The van der Waals surface area contributed by atoms with Crippen LogP contribution in [0.3, 0.4) is 0 Å². The molecule has 2 aromatic rings. The summed E-state index contributed by atoms with van der Waals surface area (Å²) in [5.74, 6) is 1.62. The molecule has 1 aliphatic rings. The van der Waals surface area contributed by atoms with Gasteiger partial charge in [-0.05, 0) is 48.4 Å². The second-order valence-electron chi connectivity index (χ2n) is 7.24. The third kappa shape index (κ3) is 5.09. The molecule has 156 valence electrons. The number of likely N-dealkylation sites (N-methyl/N-ethyl adjacent to an activating group) is 1. The SMILES string of the molecule is COc1ccc(CCN(C)C(=O)C2CCN(C(=O)c3cccs3)CC2)cc1OC. The highest BCUT2D eigenvalue weighted by Gasteiger charge is 2.29. The summed E-state index contributed by atoms with van der Waals surface area (Å²) in [6, 6.07) is 9.57. The Morgan fingerprint density at radius 2 is 1.86 bits per heavy atom. The van der Waals surface area contributed by atoms with Gasteiger partial charge in [0.2, 0.25) is 5.91 Å². The molecule has 0 unspecified atom stereocenters. The highest BCUT2D eigenvalue weighted by molar-refractivity contribution is 7.12. The van der Waals surface area contributed by atoms with Crippen molar-refractivity contribution in [3.8, 4) is 11.5 Å². The molecule has 0 radical (unpaired) electrons. The minimum Gasteiger partial charge on any atom is -0.493 e. The van der Waals surface area contributed by atoms with Crippen molar-refractivity contribution >= 4 is 23.2 Å². The van der Waals surface area contributed by atoms with E-state index in [9.17, 15) is 9.59 Å². The van der Waals surface area contributed by atoms with Gasteiger partial charge in [-0.1, -0.05) is 12.1 Å². The molecule has 1 saturated heterocycles. The highest BCUT2D eigenvalue weighted by atomic mass is 32.1. The topological polar surface area (TPSA) is 59.1 Å². The van der Waals surface area contributed by atoms with Crippen LogP contribution in [-0.2, 0) is 11.2 Å². The molecule has 0 aliphatic carbocycles. The van der Waals surface area contributed by atoms with Gasteiger partial charge in [0.15, 0.2) is 11.5 Å². The lowest BCUT2D eigenvalue weighted by atomic mass is 9.95. The van der Waals surface area contributed by atoms with Crippen LogP contribution in [0.15, 0.2) is 35.7 Å². The summed E-state index contributed by atoms with van der Waals surface area (Å²) in [6.07, 6.45) is 2.19. The molecule has 1 fully saturated rings. The van der Waals surface area contributed by atoms with Gasteiger partial charge in [-0.3, -0.25) is 9.59 Å². The van der Waals surface area contributed by atoms with Crippen molar-refractivity contribution in [2.24, 2.45) is 5.92 Å². The number of likely N-dealkylation sites (tertiary alicyclic amines) is 1. The van der Waals surface area contributed by atoms with Crippen LogP contribution < -0.4 is 9.47 Å². The van der Waals surface area contributed by atoms with Gasteiger partial charge in [0, 0.05) is 32.6 Å². The van der Waals surface area contributed by atoms with Gasteiger partial charge in [0.1, 0.15) is 0 Å². The zero-order valence-corrected chi connectivity index (χ0v) is 18.0. The number of amides is 2. The number of benzene rings is 1. The third-order valence-electron chi connectivity index (χ3n) is 5.42. The summed E-state index contributed by atoms with van der Waals surface area (Å²) < 4.78 is 10.6. The summed E-state index contributed by atoms with van der Waals surface area (Å²) >= 11 is 1.46. The molecule has 6 nitrogen and oxygen atoms in total. The van der Waals surface area contributed by atoms with E-state index in [1.165, 1.54) is 11.3 Å². The first-order valence-electron chi connectivity index (χ1n) is 9.82. The summed E-state index contributed by atoms with van der Waals surface area (Å²) in [4.78, 5) is 29.7. The maximum absolute atomic E-state index is 12.8. The predicted octanol–water partition coefficient (Wildman–Crippen LogP) is 3.32. The number of hydrogen-bond acceptors (Lipinski definition) is 5. The Morgan fingerprint density at radius 1 is 1.14 bits per heavy atom.